The van der Waals surface area contributed by atoms with Crippen molar-refractivity contribution in [3.05, 3.63) is 18.0 Å². The highest BCUT2D eigenvalue weighted by molar-refractivity contribution is 5.77. The van der Waals surface area contributed by atoms with E-state index >= 15 is 0 Å². The summed E-state index contributed by atoms with van der Waals surface area (Å²) in [6.07, 6.45) is 7.92. The Kier molecular flexibility index (Phi) is 1.59. The second-order valence-electron chi connectivity index (χ2n) is 2.45. The summed E-state index contributed by atoms with van der Waals surface area (Å²) in [6, 6.07) is 0. The third kappa shape index (κ3) is 1.07. The number of hydrogen-bond donors (Lipinski definition) is 1. The molecular formula is C8H8N4. The summed E-state index contributed by atoms with van der Waals surface area (Å²) >= 11 is 0. The molecule has 0 spiro atoms. The van der Waals surface area contributed by atoms with Crippen LogP contribution in [0.3, 0.4) is 0 Å². The maximum absolute atomic E-state index is 5.63. The molecular weight excluding hydrogens is 152 g/mol. The number of aromatic nitrogens is 2. The normalized spacial score (nSPS) is 14.0. The van der Waals surface area contributed by atoms with Crippen LogP contribution >= 0.6 is 0 Å². The van der Waals surface area contributed by atoms with Gasteiger partial charge >= 0.3 is 0 Å². The van der Waals surface area contributed by atoms with Crippen molar-refractivity contribution in [3.63, 3.8) is 0 Å². The van der Waals surface area contributed by atoms with E-state index in [2.05, 4.69) is 15.0 Å². The summed E-state index contributed by atoms with van der Waals surface area (Å²) in [6.45, 7) is 0. The lowest BCUT2D eigenvalue weighted by Gasteiger charge is -1.99. The lowest BCUT2D eigenvalue weighted by Crippen LogP contribution is -1.94. The van der Waals surface area contributed by atoms with Crippen molar-refractivity contribution in [2.75, 3.05) is 5.73 Å². The van der Waals surface area contributed by atoms with E-state index in [4.69, 9.17) is 5.73 Å². The van der Waals surface area contributed by atoms with Crippen LogP contribution in [0, 0.1) is 0 Å². The molecule has 0 saturated heterocycles. The van der Waals surface area contributed by atoms with Gasteiger partial charge in [-0.15, -0.1) is 0 Å². The van der Waals surface area contributed by atoms with Gasteiger partial charge in [0.15, 0.2) is 5.82 Å². The van der Waals surface area contributed by atoms with E-state index < -0.39 is 0 Å². The molecule has 0 amide bonds. The Morgan fingerprint density at radius 3 is 3.17 bits per heavy atom. The molecule has 0 aromatic carbocycles. The monoisotopic (exact) mass is 160 g/mol. The average molecular weight is 160 g/mol. The quantitative estimate of drug-likeness (QED) is 0.619. The first-order valence-corrected chi connectivity index (χ1v) is 3.67. The van der Waals surface area contributed by atoms with Gasteiger partial charge in [0, 0.05) is 12.6 Å². The highest BCUT2D eigenvalue weighted by Crippen LogP contribution is 2.22. The number of aliphatic imine (C=N–C) groups is 1. The molecule has 0 unspecified atom stereocenters. The van der Waals surface area contributed by atoms with Crippen LogP contribution in [0.1, 0.15) is 12.0 Å². The van der Waals surface area contributed by atoms with Gasteiger partial charge in [-0.3, -0.25) is 0 Å². The Hall–Kier alpha value is -1.71. The predicted molar refractivity (Wildman–Crippen MR) is 48.2 cm³/mol. The van der Waals surface area contributed by atoms with Gasteiger partial charge in [-0.05, 0) is 0 Å². The minimum atomic E-state index is 0.482. The summed E-state index contributed by atoms with van der Waals surface area (Å²) < 4.78 is 0. The molecule has 2 N–H and O–H groups in total. The number of nitrogen functional groups attached to an aromatic ring is 1. The van der Waals surface area contributed by atoms with Gasteiger partial charge in [-0.1, -0.05) is 12.2 Å². The number of hydrogen-bond acceptors (Lipinski definition) is 4. The van der Waals surface area contributed by atoms with Gasteiger partial charge in [-0.25, -0.2) is 15.0 Å². The van der Waals surface area contributed by atoms with Gasteiger partial charge in [0.05, 0.1) is 5.56 Å². The fourth-order valence-corrected chi connectivity index (χ4v) is 1.05. The highest BCUT2D eigenvalue weighted by atomic mass is 15.0. The maximum Gasteiger partial charge on any atom is 0.164 e. The standard InChI is InChI=1S/C8H8N4/c9-7-6-3-1-2-4-10-8(6)12-5-11-7/h1,3-5H,2H2,(H2,9,11,12). The Labute approximate surface area is 69.9 Å². The predicted octanol–water partition coefficient (Wildman–Crippen LogP) is 1.18. The Balaban J connectivity index is 2.65. The van der Waals surface area contributed by atoms with Gasteiger partial charge < -0.3 is 5.73 Å². The molecule has 4 heteroatoms. The fraction of sp³-hybridized carbons (Fsp3) is 0.125. The summed E-state index contributed by atoms with van der Waals surface area (Å²) in [5.74, 6) is 1.13. The second kappa shape index (κ2) is 2.73. The zero-order valence-electron chi connectivity index (χ0n) is 6.44. The molecule has 1 aliphatic rings. The molecule has 4 nitrogen and oxygen atoms in total. The zero-order chi connectivity index (χ0) is 8.39. The van der Waals surface area contributed by atoms with E-state index in [0.717, 1.165) is 12.0 Å². The third-order valence-electron chi connectivity index (χ3n) is 1.63. The summed E-state index contributed by atoms with van der Waals surface area (Å²) in [5, 5.41) is 0. The molecule has 2 heterocycles. The van der Waals surface area contributed by atoms with Crippen LogP contribution < -0.4 is 5.73 Å². The molecule has 1 aromatic heterocycles. The van der Waals surface area contributed by atoms with Crippen LogP contribution in [0.2, 0.25) is 0 Å². The molecule has 1 aromatic rings. The second-order valence-corrected chi connectivity index (χ2v) is 2.45. The van der Waals surface area contributed by atoms with Crippen LogP contribution in [0.4, 0.5) is 11.6 Å². The molecule has 1 aliphatic heterocycles. The van der Waals surface area contributed by atoms with Crippen molar-refractivity contribution in [2.45, 2.75) is 6.42 Å². The number of fused-ring (bicyclic) bond motifs is 1. The van der Waals surface area contributed by atoms with Gasteiger partial charge in [-0.2, -0.15) is 0 Å². The molecule has 0 saturated carbocycles. The Morgan fingerprint density at radius 1 is 1.33 bits per heavy atom. The smallest absolute Gasteiger partial charge is 0.164 e. The molecule has 0 radical (unpaired) electrons. The summed E-state index contributed by atoms with van der Waals surface area (Å²) in [7, 11) is 0. The van der Waals surface area contributed by atoms with Gasteiger partial charge in [0.2, 0.25) is 0 Å². The van der Waals surface area contributed by atoms with E-state index in [-0.39, 0.29) is 0 Å². The first-order valence-electron chi connectivity index (χ1n) is 3.67. The number of nitrogens with zero attached hydrogens (tertiary/aromatic N) is 3. The van der Waals surface area contributed by atoms with Crippen molar-refractivity contribution < 1.29 is 0 Å². The van der Waals surface area contributed by atoms with Crippen LogP contribution in [-0.2, 0) is 0 Å². The Bertz CT molecular complexity index is 354. The van der Waals surface area contributed by atoms with Crippen LogP contribution in [0.25, 0.3) is 6.08 Å². The zero-order valence-corrected chi connectivity index (χ0v) is 6.44. The summed E-state index contributed by atoms with van der Waals surface area (Å²) in [5.41, 5.74) is 6.45. The molecule has 0 bridgehead atoms. The summed E-state index contributed by atoms with van der Waals surface area (Å²) in [4.78, 5) is 12.0. The van der Waals surface area contributed by atoms with E-state index in [1.54, 1.807) is 6.21 Å². The van der Waals surface area contributed by atoms with E-state index in [0.29, 0.717) is 11.6 Å². The minimum Gasteiger partial charge on any atom is -0.383 e. The van der Waals surface area contributed by atoms with Crippen molar-refractivity contribution in [3.8, 4) is 0 Å². The van der Waals surface area contributed by atoms with Crippen LogP contribution in [0.5, 0.6) is 0 Å². The molecule has 0 atom stereocenters. The minimum absolute atomic E-state index is 0.482. The highest BCUT2D eigenvalue weighted by Gasteiger charge is 2.05. The Morgan fingerprint density at radius 2 is 2.25 bits per heavy atom. The van der Waals surface area contributed by atoms with E-state index in [1.165, 1.54) is 6.33 Å². The van der Waals surface area contributed by atoms with E-state index in [1.807, 2.05) is 12.2 Å². The first-order chi connectivity index (χ1) is 5.88. The van der Waals surface area contributed by atoms with Crippen molar-refractivity contribution in [1.82, 2.24) is 9.97 Å². The largest absolute Gasteiger partial charge is 0.383 e. The third-order valence-corrected chi connectivity index (χ3v) is 1.63. The average Bonchev–Trinajstić information content (AvgIpc) is 2.30. The molecule has 2 rings (SSSR count). The lowest BCUT2D eigenvalue weighted by atomic mass is 10.2. The maximum atomic E-state index is 5.63. The number of anilines is 1. The number of rotatable bonds is 0. The number of allylic oxidation sites excluding steroid dienone is 1. The lowest BCUT2D eigenvalue weighted by molar-refractivity contribution is 1.15. The number of nitrogens with two attached hydrogens (primary N) is 1. The van der Waals surface area contributed by atoms with Gasteiger partial charge in [0.25, 0.3) is 0 Å². The SMILES string of the molecule is Nc1ncnc2c1C=CCC=N2. The van der Waals surface area contributed by atoms with Gasteiger partial charge in [0.1, 0.15) is 12.1 Å². The van der Waals surface area contributed by atoms with Crippen molar-refractivity contribution in [2.24, 2.45) is 4.99 Å². The van der Waals surface area contributed by atoms with Crippen LogP contribution in [0.15, 0.2) is 17.4 Å². The topological polar surface area (TPSA) is 64.2 Å². The first kappa shape index (κ1) is 6.97. The molecule has 60 valence electrons. The molecule has 12 heavy (non-hydrogen) atoms. The van der Waals surface area contributed by atoms with Crippen molar-refractivity contribution in [1.29, 1.82) is 0 Å². The molecule has 0 aliphatic carbocycles. The fourth-order valence-electron chi connectivity index (χ4n) is 1.05. The van der Waals surface area contributed by atoms with Crippen LogP contribution in [-0.4, -0.2) is 16.2 Å². The molecule has 0 fully saturated rings. The van der Waals surface area contributed by atoms with E-state index in [9.17, 15) is 0 Å². The van der Waals surface area contributed by atoms with Crippen molar-refractivity contribution >= 4 is 23.9 Å².